The minimum Gasteiger partial charge on any atom is -0.378 e. The summed E-state index contributed by atoms with van der Waals surface area (Å²) in [6, 6.07) is 0.889. The fourth-order valence-electron chi connectivity index (χ4n) is 4.57. The number of hydrazine groups is 1. The fraction of sp³-hybridized carbons (Fsp3) is 0.812. The van der Waals surface area contributed by atoms with Crippen LogP contribution in [0.2, 0.25) is 0 Å². The normalized spacial score (nSPS) is 43.2. The second kappa shape index (κ2) is 5.62. The van der Waals surface area contributed by atoms with E-state index in [1.807, 2.05) is 6.21 Å². The van der Waals surface area contributed by atoms with Crippen molar-refractivity contribution in [1.82, 2.24) is 14.9 Å². The highest BCUT2D eigenvalue weighted by atomic mass is 35.5. The number of aliphatic imine (C=N–C) groups is 1. The van der Waals surface area contributed by atoms with Gasteiger partial charge in [0.1, 0.15) is 5.82 Å². The van der Waals surface area contributed by atoms with Gasteiger partial charge in [-0.3, -0.25) is 5.01 Å². The van der Waals surface area contributed by atoms with E-state index in [1.165, 1.54) is 25.7 Å². The Hall–Kier alpha value is -0.820. The molecule has 0 aromatic heterocycles. The molecule has 23 heavy (non-hydrogen) atoms. The molecule has 5 aliphatic heterocycles. The number of nitrogens with zero attached hydrogens (tertiary/aromatic N) is 4. The van der Waals surface area contributed by atoms with Crippen LogP contribution in [0.5, 0.6) is 0 Å². The van der Waals surface area contributed by atoms with Crippen LogP contribution in [0.3, 0.4) is 0 Å². The van der Waals surface area contributed by atoms with Crippen molar-refractivity contribution < 1.29 is 9.47 Å². The van der Waals surface area contributed by atoms with Gasteiger partial charge in [0, 0.05) is 19.3 Å². The molecule has 5 atom stereocenters. The van der Waals surface area contributed by atoms with Gasteiger partial charge in [-0.05, 0) is 25.7 Å². The van der Waals surface area contributed by atoms with Crippen LogP contribution in [0.4, 0.5) is 0 Å². The summed E-state index contributed by atoms with van der Waals surface area (Å²) in [5.74, 6) is 1.02. The number of alkyl halides is 1. The molecule has 0 aromatic rings. The van der Waals surface area contributed by atoms with Gasteiger partial charge in [-0.2, -0.15) is 0 Å². The van der Waals surface area contributed by atoms with Gasteiger partial charge >= 0.3 is 0 Å². The van der Waals surface area contributed by atoms with Gasteiger partial charge in [0.2, 0.25) is 0 Å². The minimum absolute atomic E-state index is 0.210. The van der Waals surface area contributed by atoms with Crippen molar-refractivity contribution in [3.05, 3.63) is 12.0 Å². The van der Waals surface area contributed by atoms with Crippen LogP contribution in [0.1, 0.15) is 25.7 Å². The van der Waals surface area contributed by atoms with Crippen LogP contribution in [0.25, 0.3) is 0 Å². The first-order valence-electron chi connectivity index (χ1n) is 8.73. The van der Waals surface area contributed by atoms with Gasteiger partial charge in [-0.1, -0.05) is 11.6 Å². The Morgan fingerprint density at radius 1 is 1.04 bits per heavy atom. The minimum atomic E-state index is -0.210. The molecule has 4 bridgehead atoms. The van der Waals surface area contributed by atoms with E-state index >= 15 is 0 Å². The van der Waals surface area contributed by atoms with E-state index in [0.29, 0.717) is 24.3 Å². The maximum absolute atomic E-state index is 6.55. The number of ether oxygens (including phenoxy) is 2. The molecule has 5 unspecified atom stereocenters. The second-order valence-corrected chi connectivity index (χ2v) is 7.63. The first-order chi connectivity index (χ1) is 11.3. The Morgan fingerprint density at radius 2 is 1.74 bits per heavy atom. The molecular formula is C16H23ClN4O2. The summed E-state index contributed by atoms with van der Waals surface area (Å²) in [7, 11) is 0. The summed E-state index contributed by atoms with van der Waals surface area (Å²) >= 11 is 6.55. The second-order valence-electron chi connectivity index (χ2n) is 7.18. The number of likely N-dealkylation sites (tertiary alicyclic amines) is 1. The first-order valence-corrected chi connectivity index (χ1v) is 9.16. The highest BCUT2D eigenvalue weighted by Gasteiger charge is 2.43. The van der Waals surface area contributed by atoms with E-state index in [9.17, 15) is 0 Å². The van der Waals surface area contributed by atoms with Crippen molar-refractivity contribution in [2.24, 2.45) is 4.99 Å². The molecule has 5 rings (SSSR count). The highest BCUT2D eigenvalue weighted by Crippen LogP contribution is 2.34. The lowest BCUT2D eigenvalue weighted by atomic mass is 10.2. The molecule has 5 aliphatic rings. The molecule has 0 aliphatic carbocycles. The highest BCUT2D eigenvalue weighted by molar-refractivity contribution is 6.28. The fourth-order valence-corrected chi connectivity index (χ4v) is 4.79. The third-order valence-electron chi connectivity index (χ3n) is 5.67. The standard InChI is InChI=1S/C16H23ClN4O2/c17-15-5-18-16(19-6-13-3-4-14(7-19)23-13)8-20(15)21-11-1-2-12(21)10-22-9-11/h5,8,11-15H,1-4,6-7,9-10H2. The molecule has 0 amide bonds. The maximum Gasteiger partial charge on any atom is 0.154 e. The predicted octanol–water partition coefficient (Wildman–Crippen LogP) is 1.38. The monoisotopic (exact) mass is 338 g/mol. The summed E-state index contributed by atoms with van der Waals surface area (Å²) < 4.78 is 11.6. The van der Waals surface area contributed by atoms with Gasteiger partial charge in [0.25, 0.3) is 0 Å². The first kappa shape index (κ1) is 14.5. The van der Waals surface area contributed by atoms with Gasteiger partial charge in [0.15, 0.2) is 5.50 Å². The van der Waals surface area contributed by atoms with E-state index in [-0.39, 0.29) is 5.50 Å². The van der Waals surface area contributed by atoms with E-state index in [0.717, 1.165) is 32.1 Å². The lowest BCUT2D eigenvalue weighted by Crippen LogP contribution is -2.57. The average Bonchev–Trinajstić information content (AvgIpc) is 3.02. The smallest absolute Gasteiger partial charge is 0.154 e. The summed E-state index contributed by atoms with van der Waals surface area (Å²) in [5, 5.41) is 4.62. The van der Waals surface area contributed by atoms with E-state index < -0.39 is 0 Å². The third kappa shape index (κ3) is 2.47. The lowest BCUT2D eigenvalue weighted by molar-refractivity contribution is -0.113. The van der Waals surface area contributed by atoms with Crippen molar-refractivity contribution >= 4 is 17.8 Å². The number of rotatable bonds is 2. The summed E-state index contributed by atoms with van der Waals surface area (Å²) in [6.45, 7) is 3.49. The zero-order chi connectivity index (χ0) is 15.4. The van der Waals surface area contributed by atoms with Crippen LogP contribution >= 0.6 is 11.6 Å². The number of halogens is 1. The zero-order valence-electron chi connectivity index (χ0n) is 13.2. The summed E-state index contributed by atoms with van der Waals surface area (Å²) in [4.78, 5) is 6.98. The van der Waals surface area contributed by atoms with Crippen molar-refractivity contribution in [1.29, 1.82) is 0 Å². The topological polar surface area (TPSA) is 40.5 Å². The molecule has 0 N–H and O–H groups in total. The van der Waals surface area contributed by atoms with Crippen LogP contribution in [-0.4, -0.2) is 77.2 Å². The van der Waals surface area contributed by atoms with E-state index in [1.54, 1.807) is 0 Å². The Morgan fingerprint density at radius 3 is 2.43 bits per heavy atom. The van der Waals surface area contributed by atoms with Gasteiger partial charge in [-0.25, -0.2) is 10.0 Å². The summed E-state index contributed by atoms with van der Waals surface area (Å²) in [6.07, 6.45) is 9.46. The molecule has 0 aromatic carbocycles. The van der Waals surface area contributed by atoms with E-state index in [4.69, 9.17) is 21.1 Å². The number of fused-ring (bicyclic) bond motifs is 4. The van der Waals surface area contributed by atoms with Gasteiger partial charge < -0.3 is 14.4 Å². The summed E-state index contributed by atoms with van der Waals surface area (Å²) in [5.41, 5.74) is -0.210. The van der Waals surface area contributed by atoms with Crippen molar-refractivity contribution in [2.45, 2.75) is 55.5 Å². The zero-order valence-corrected chi connectivity index (χ0v) is 13.9. The SMILES string of the molecule is ClC1C=NC(N2CC3CCC(C2)O3)=CN1N1C2CCC1COC2. The quantitative estimate of drug-likeness (QED) is 0.562. The molecule has 126 valence electrons. The molecule has 0 spiro atoms. The molecule has 0 radical (unpaired) electrons. The molecule has 7 heteroatoms. The van der Waals surface area contributed by atoms with Crippen molar-refractivity contribution in [3.8, 4) is 0 Å². The van der Waals surface area contributed by atoms with Crippen LogP contribution < -0.4 is 0 Å². The van der Waals surface area contributed by atoms with E-state index in [2.05, 4.69) is 26.1 Å². The predicted molar refractivity (Wildman–Crippen MR) is 87.0 cm³/mol. The largest absolute Gasteiger partial charge is 0.378 e. The molecule has 0 saturated carbocycles. The van der Waals surface area contributed by atoms with Crippen molar-refractivity contribution in [2.75, 3.05) is 26.3 Å². The number of hydrogen-bond acceptors (Lipinski definition) is 6. The van der Waals surface area contributed by atoms with Crippen LogP contribution in [0, 0.1) is 0 Å². The van der Waals surface area contributed by atoms with Gasteiger partial charge in [0.05, 0.1) is 43.7 Å². The Balaban J connectivity index is 1.39. The Bertz CT molecular complexity index is 514. The molecule has 5 heterocycles. The van der Waals surface area contributed by atoms with Gasteiger partial charge in [-0.15, -0.1) is 0 Å². The lowest BCUT2D eigenvalue weighted by Gasteiger charge is -2.45. The third-order valence-corrected chi connectivity index (χ3v) is 5.98. The number of hydrogen-bond donors (Lipinski definition) is 0. The Kier molecular flexibility index (Phi) is 3.55. The number of morpholine rings is 2. The van der Waals surface area contributed by atoms with Crippen LogP contribution in [0.15, 0.2) is 17.0 Å². The molecule has 6 nitrogen and oxygen atoms in total. The molecule has 4 saturated heterocycles. The Labute approximate surface area is 141 Å². The maximum atomic E-state index is 6.55. The van der Waals surface area contributed by atoms with Crippen LogP contribution in [-0.2, 0) is 9.47 Å². The van der Waals surface area contributed by atoms with Crippen molar-refractivity contribution in [3.63, 3.8) is 0 Å². The molecule has 4 fully saturated rings. The molecular weight excluding hydrogens is 316 g/mol. The average molecular weight is 339 g/mol.